The number of fused-ring (bicyclic) bond motifs is 1. The molecular formula is C15H26N2O3. The summed E-state index contributed by atoms with van der Waals surface area (Å²) < 4.78 is 0. The maximum Gasteiger partial charge on any atom is 0.326 e. The van der Waals surface area contributed by atoms with Crippen molar-refractivity contribution in [3.63, 3.8) is 0 Å². The van der Waals surface area contributed by atoms with E-state index in [9.17, 15) is 14.7 Å². The zero-order valence-corrected chi connectivity index (χ0v) is 12.5. The van der Waals surface area contributed by atoms with Gasteiger partial charge in [0.15, 0.2) is 0 Å². The lowest BCUT2D eigenvalue weighted by atomic mass is 9.78. The molecule has 2 rings (SSSR count). The van der Waals surface area contributed by atoms with Gasteiger partial charge in [-0.25, -0.2) is 9.59 Å². The van der Waals surface area contributed by atoms with E-state index < -0.39 is 12.0 Å². The Bertz CT molecular complexity index is 368. The molecule has 5 nitrogen and oxygen atoms in total. The van der Waals surface area contributed by atoms with Crippen LogP contribution in [0.3, 0.4) is 0 Å². The fourth-order valence-corrected chi connectivity index (χ4v) is 3.61. The number of aliphatic carboxylic acids is 1. The van der Waals surface area contributed by atoms with Gasteiger partial charge in [-0.3, -0.25) is 0 Å². The molecule has 2 N–H and O–H groups in total. The summed E-state index contributed by atoms with van der Waals surface area (Å²) in [5.41, 5.74) is 0. The van der Waals surface area contributed by atoms with Gasteiger partial charge in [0, 0.05) is 12.6 Å². The molecule has 0 bridgehead atoms. The molecule has 20 heavy (non-hydrogen) atoms. The second-order valence-electron chi connectivity index (χ2n) is 6.46. The molecule has 114 valence electrons. The Kier molecular flexibility index (Phi) is 4.89. The van der Waals surface area contributed by atoms with Crippen LogP contribution in [0, 0.1) is 11.8 Å². The number of urea groups is 1. The van der Waals surface area contributed by atoms with Crippen molar-refractivity contribution in [3.05, 3.63) is 0 Å². The topological polar surface area (TPSA) is 69.6 Å². The van der Waals surface area contributed by atoms with Crippen LogP contribution in [0.1, 0.15) is 52.4 Å². The first-order valence-electron chi connectivity index (χ1n) is 7.80. The first-order chi connectivity index (χ1) is 9.50. The van der Waals surface area contributed by atoms with Gasteiger partial charge >= 0.3 is 12.0 Å². The number of carbonyl (C=O) groups is 2. The van der Waals surface area contributed by atoms with Crippen LogP contribution in [0.5, 0.6) is 0 Å². The van der Waals surface area contributed by atoms with E-state index in [-0.39, 0.29) is 11.9 Å². The Morgan fingerprint density at radius 1 is 1.15 bits per heavy atom. The van der Waals surface area contributed by atoms with Crippen molar-refractivity contribution in [2.24, 2.45) is 11.8 Å². The predicted molar refractivity (Wildman–Crippen MR) is 76.5 cm³/mol. The number of amides is 2. The van der Waals surface area contributed by atoms with E-state index in [4.69, 9.17) is 0 Å². The number of piperidine rings is 1. The number of hydrogen-bond acceptors (Lipinski definition) is 2. The lowest BCUT2D eigenvalue weighted by molar-refractivity contribution is -0.140. The first kappa shape index (κ1) is 15.1. The van der Waals surface area contributed by atoms with Gasteiger partial charge in [0.25, 0.3) is 0 Å². The Labute approximate surface area is 120 Å². The van der Waals surface area contributed by atoms with Crippen molar-refractivity contribution in [3.8, 4) is 0 Å². The third-order valence-electron chi connectivity index (χ3n) is 4.72. The highest BCUT2D eigenvalue weighted by Gasteiger charge is 2.37. The number of hydrogen-bond donors (Lipinski definition) is 2. The highest BCUT2D eigenvalue weighted by molar-refractivity contribution is 5.83. The molecule has 2 aliphatic rings. The summed E-state index contributed by atoms with van der Waals surface area (Å²) in [5, 5.41) is 11.9. The number of nitrogens with zero attached hydrogens (tertiary/aromatic N) is 1. The highest BCUT2D eigenvalue weighted by atomic mass is 16.4. The van der Waals surface area contributed by atoms with E-state index in [1.165, 1.54) is 25.7 Å². The minimum atomic E-state index is -0.953. The number of carbonyl (C=O) groups excluding carboxylic acids is 1. The quantitative estimate of drug-likeness (QED) is 0.835. The molecular weight excluding hydrogens is 256 g/mol. The SMILES string of the molecule is CC(C)[C@H](NC(=O)N1CCCC2CCCCC21)C(=O)O. The molecule has 0 radical (unpaired) electrons. The fraction of sp³-hybridized carbons (Fsp3) is 0.867. The van der Waals surface area contributed by atoms with Crippen LogP contribution >= 0.6 is 0 Å². The van der Waals surface area contributed by atoms with Crippen molar-refractivity contribution >= 4 is 12.0 Å². The molecule has 1 heterocycles. The minimum Gasteiger partial charge on any atom is -0.480 e. The van der Waals surface area contributed by atoms with Crippen LogP contribution in [-0.4, -0.2) is 40.6 Å². The molecule has 1 aliphatic carbocycles. The minimum absolute atomic E-state index is 0.108. The van der Waals surface area contributed by atoms with Gasteiger partial charge in [-0.15, -0.1) is 0 Å². The first-order valence-corrected chi connectivity index (χ1v) is 7.80. The summed E-state index contributed by atoms with van der Waals surface area (Å²) in [6.07, 6.45) is 6.96. The van der Waals surface area contributed by atoms with Gasteiger partial charge in [0.2, 0.25) is 0 Å². The molecule has 5 heteroatoms. The van der Waals surface area contributed by atoms with Gasteiger partial charge in [-0.2, -0.15) is 0 Å². The number of likely N-dealkylation sites (tertiary alicyclic amines) is 1. The van der Waals surface area contributed by atoms with Gasteiger partial charge in [0.05, 0.1) is 0 Å². The third-order valence-corrected chi connectivity index (χ3v) is 4.72. The van der Waals surface area contributed by atoms with Crippen LogP contribution in [0.25, 0.3) is 0 Å². The molecule has 0 aromatic carbocycles. The summed E-state index contributed by atoms with van der Waals surface area (Å²) >= 11 is 0. The molecule has 0 aromatic heterocycles. The summed E-state index contributed by atoms with van der Waals surface area (Å²) in [7, 11) is 0. The Hall–Kier alpha value is -1.26. The Morgan fingerprint density at radius 2 is 1.80 bits per heavy atom. The molecule has 0 spiro atoms. The van der Waals surface area contributed by atoms with E-state index in [1.54, 1.807) is 0 Å². The number of carboxylic acid groups (broad SMARTS) is 1. The zero-order chi connectivity index (χ0) is 14.7. The second kappa shape index (κ2) is 6.46. The Morgan fingerprint density at radius 3 is 2.45 bits per heavy atom. The molecule has 1 saturated heterocycles. The van der Waals surface area contributed by atoms with Crippen LogP contribution < -0.4 is 5.32 Å². The van der Waals surface area contributed by atoms with Crippen LogP contribution in [0.15, 0.2) is 0 Å². The molecule has 2 amide bonds. The van der Waals surface area contributed by atoms with E-state index in [1.807, 2.05) is 18.7 Å². The normalized spacial score (nSPS) is 27.9. The van der Waals surface area contributed by atoms with Gasteiger partial charge in [-0.05, 0) is 37.5 Å². The Balaban J connectivity index is 2.01. The predicted octanol–water partition coefficient (Wildman–Crippen LogP) is 2.46. The second-order valence-corrected chi connectivity index (χ2v) is 6.46. The monoisotopic (exact) mass is 282 g/mol. The van der Waals surface area contributed by atoms with E-state index in [0.29, 0.717) is 12.0 Å². The summed E-state index contributed by atoms with van der Waals surface area (Å²) in [4.78, 5) is 25.5. The number of nitrogens with one attached hydrogen (secondary N) is 1. The van der Waals surface area contributed by atoms with Gasteiger partial charge < -0.3 is 15.3 Å². The molecule has 1 aliphatic heterocycles. The van der Waals surface area contributed by atoms with Crippen molar-refractivity contribution in [1.82, 2.24) is 10.2 Å². The highest BCUT2D eigenvalue weighted by Crippen LogP contribution is 2.35. The smallest absolute Gasteiger partial charge is 0.326 e. The lowest BCUT2D eigenvalue weighted by Crippen LogP contribution is -2.56. The molecule has 0 aromatic rings. The van der Waals surface area contributed by atoms with Crippen molar-refractivity contribution in [1.29, 1.82) is 0 Å². The van der Waals surface area contributed by atoms with Crippen LogP contribution in [-0.2, 0) is 4.79 Å². The number of rotatable bonds is 3. The van der Waals surface area contributed by atoms with Crippen molar-refractivity contribution in [2.75, 3.05) is 6.54 Å². The van der Waals surface area contributed by atoms with Gasteiger partial charge in [-0.1, -0.05) is 26.7 Å². The van der Waals surface area contributed by atoms with E-state index >= 15 is 0 Å². The summed E-state index contributed by atoms with van der Waals surface area (Å²) in [6.45, 7) is 4.40. The molecule has 2 unspecified atom stereocenters. The molecule has 1 saturated carbocycles. The fourth-order valence-electron chi connectivity index (χ4n) is 3.61. The summed E-state index contributed by atoms with van der Waals surface area (Å²) in [6, 6.07) is -0.673. The average Bonchev–Trinajstić information content (AvgIpc) is 2.43. The third kappa shape index (κ3) is 3.25. The number of carboxylic acids is 1. The van der Waals surface area contributed by atoms with Crippen molar-refractivity contribution in [2.45, 2.75) is 64.5 Å². The van der Waals surface area contributed by atoms with Crippen LogP contribution in [0.2, 0.25) is 0 Å². The van der Waals surface area contributed by atoms with Crippen LogP contribution in [0.4, 0.5) is 4.79 Å². The summed E-state index contributed by atoms with van der Waals surface area (Å²) in [5.74, 6) is -0.445. The molecule has 3 atom stereocenters. The van der Waals surface area contributed by atoms with Gasteiger partial charge in [0.1, 0.15) is 6.04 Å². The van der Waals surface area contributed by atoms with E-state index in [0.717, 1.165) is 19.4 Å². The maximum absolute atomic E-state index is 12.4. The average molecular weight is 282 g/mol. The van der Waals surface area contributed by atoms with E-state index in [2.05, 4.69) is 5.32 Å². The van der Waals surface area contributed by atoms with Crippen molar-refractivity contribution < 1.29 is 14.7 Å². The lowest BCUT2D eigenvalue weighted by Gasteiger charge is -2.44. The molecule has 2 fully saturated rings. The standard InChI is InChI=1S/C15H26N2O3/c1-10(2)13(14(18)19)16-15(20)17-9-5-7-11-6-3-4-8-12(11)17/h10-13H,3-9H2,1-2H3,(H,16,20)(H,18,19)/t11?,12?,13-/m0/s1. The zero-order valence-electron chi connectivity index (χ0n) is 12.5. The largest absolute Gasteiger partial charge is 0.480 e. The maximum atomic E-state index is 12.4.